The van der Waals surface area contributed by atoms with Crippen molar-refractivity contribution < 1.29 is 0 Å². The minimum Gasteiger partial charge on any atom is -0.371 e. The maximum Gasteiger partial charge on any atom is 0.0592 e. The summed E-state index contributed by atoms with van der Waals surface area (Å²) in [5, 5.41) is 3.65. The number of nitrogens with zero attached hydrogens (tertiary/aromatic N) is 2. The molecule has 0 atom stereocenters. The zero-order chi connectivity index (χ0) is 12.4. The Labute approximate surface area is 117 Å². The van der Waals surface area contributed by atoms with Gasteiger partial charge in [-0.25, -0.2) is 0 Å². The van der Waals surface area contributed by atoms with E-state index in [-0.39, 0.29) is 0 Å². The number of aromatic nitrogens is 1. The highest BCUT2D eigenvalue weighted by Gasteiger charge is 2.24. The van der Waals surface area contributed by atoms with Gasteiger partial charge < -0.3 is 10.2 Å². The minimum absolute atomic E-state index is 0.845. The van der Waals surface area contributed by atoms with Crippen molar-refractivity contribution in [1.29, 1.82) is 0 Å². The first-order valence-corrected chi connectivity index (χ1v) is 7.70. The average Bonchev–Trinajstić information content (AvgIpc) is 3.22. The van der Waals surface area contributed by atoms with Gasteiger partial charge in [-0.2, -0.15) is 0 Å². The summed E-state index contributed by atoms with van der Waals surface area (Å²) in [6, 6.07) is 2.95. The van der Waals surface area contributed by atoms with Crippen molar-refractivity contribution in [2.45, 2.75) is 31.7 Å². The third-order valence-electron chi connectivity index (χ3n) is 3.98. The van der Waals surface area contributed by atoms with E-state index in [0.29, 0.717) is 0 Å². The van der Waals surface area contributed by atoms with E-state index in [0.717, 1.165) is 16.4 Å². The van der Waals surface area contributed by atoms with Gasteiger partial charge in [-0.3, -0.25) is 4.98 Å². The van der Waals surface area contributed by atoms with Crippen molar-refractivity contribution >= 4 is 21.6 Å². The molecule has 2 heterocycles. The third-order valence-corrected chi connectivity index (χ3v) is 4.59. The Balaban J connectivity index is 1.51. The molecule has 1 aliphatic heterocycles. The number of hydrogen-bond acceptors (Lipinski definition) is 3. The molecule has 0 amide bonds. The molecule has 1 N–H and O–H groups in total. The van der Waals surface area contributed by atoms with Crippen LogP contribution >= 0.6 is 15.9 Å². The normalized spacial score (nSPS) is 21.3. The quantitative estimate of drug-likeness (QED) is 0.927. The largest absolute Gasteiger partial charge is 0.371 e. The van der Waals surface area contributed by atoms with E-state index >= 15 is 0 Å². The van der Waals surface area contributed by atoms with E-state index in [1.807, 2.05) is 12.4 Å². The van der Waals surface area contributed by atoms with Crippen molar-refractivity contribution in [2.24, 2.45) is 5.92 Å². The van der Waals surface area contributed by atoms with Gasteiger partial charge in [0.1, 0.15) is 0 Å². The Hall–Kier alpha value is -0.610. The Bertz CT molecular complexity index is 398. The van der Waals surface area contributed by atoms with E-state index in [1.54, 1.807) is 0 Å². The van der Waals surface area contributed by atoms with Crippen molar-refractivity contribution in [3.8, 4) is 0 Å². The highest BCUT2D eigenvalue weighted by atomic mass is 79.9. The Kier molecular flexibility index (Phi) is 3.85. The van der Waals surface area contributed by atoms with Crippen LogP contribution in [0.3, 0.4) is 0 Å². The molecule has 3 nitrogen and oxygen atoms in total. The minimum atomic E-state index is 0.845. The molecule has 0 spiro atoms. The van der Waals surface area contributed by atoms with Crippen LogP contribution in [0.25, 0.3) is 0 Å². The Morgan fingerprint density at radius 2 is 2.06 bits per heavy atom. The molecule has 1 saturated carbocycles. The maximum absolute atomic E-state index is 4.13. The number of halogens is 1. The summed E-state index contributed by atoms with van der Waals surface area (Å²) >= 11 is 3.59. The molecular weight excluding hydrogens is 290 g/mol. The Morgan fingerprint density at radius 1 is 1.28 bits per heavy atom. The standard InChI is InChI=1S/C14H20BrN3/c15-13-10-16-6-3-14(13)18-7-4-11(5-8-18)9-17-12-1-2-12/h3,6,10-12,17H,1-2,4-5,7-9H2. The van der Waals surface area contributed by atoms with Crippen LogP contribution < -0.4 is 10.2 Å². The highest BCUT2D eigenvalue weighted by molar-refractivity contribution is 9.10. The number of anilines is 1. The van der Waals surface area contributed by atoms with Crippen LogP contribution in [-0.2, 0) is 0 Å². The van der Waals surface area contributed by atoms with Gasteiger partial charge in [0.05, 0.1) is 10.2 Å². The highest BCUT2D eigenvalue weighted by Crippen LogP contribution is 2.29. The van der Waals surface area contributed by atoms with Crippen molar-refractivity contribution in [3.05, 3.63) is 22.9 Å². The molecule has 3 rings (SSSR count). The fraction of sp³-hybridized carbons (Fsp3) is 0.643. The molecule has 1 aromatic rings. The second-order valence-corrected chi connectivity index (χ2v) is 6.29. The molecule has 18 heavy (non-hydrogen) atoms. The SMILES string of the molecule is Brc1cnccc1N1CCC(CNC2CC2)CC1. The van der Waals surface area contributed by atoms with Crippen molar-refractivity contribution in [3.63, 3.8) is 0 Å². The molecule has 1 saturated heterocycles. The van der Waals surface area contributed by atoms with E-state index in [1.165, 1.54) is 51.0 Å². The van der Waals surface area contributed by atoms with Gasteiger partial charge in [-0.1, -0.05) is 0 Å². The maximum atomic E-state index is 4.13. The van der Waals surface area contributed by atoms with Crippen LogP contribution in [0.1, 0.15) is 25.7 Å². The lowest BCUT2D eigenvalue weighted by Crippen LogP contribution is -2.37. The first-order valence-electron chi connectivity index (χ1n) is 6.91. The van der Waals surface area contributed by atoms with Crippen molar-refractivity contribution in [1.82, 2.24) is 10.3 Å². The van der Waals surface area contributed by atoms with Crippen LogP contribution in [0.4, 0.5) is 5.69 Å². The first-order chi connectivity index (χ1) is 8.83. The summed E-state index contributed by atoms with van der Waals surface area (Å²) in [5.74, 6) is 0.863. The molecule has 0 bridgehead atoms. The lowest BCUT2D eigenvalue weighted by atomic mass is 9.96. The monoisotopic (exact) mass is 309 g/mol. The van der Waals surface area contributed by atoms with Crippen LogP contribution in [0.2, 0.25) is 0 Å². The average molecular weight is 310 g/mol. The van der Waals surface area contributed by atoms with E-state index in [4.69, 9.17) is 0 Å². The zero-order valence-electron chi connectivity index (χ0n) is 10.6. The molecule has 0 unspecified atom stereocenters. The molecule has 1 aromatic heterocycles. The predicted octanol–water partition coefficient (Wildman–Crippen LogP) is 2.81. The second kappa shape index (κ2) is 5.57. The van der Waals surface area contributed by atoms with Crippen LogP contribution in [0.5, 0.6) is 0 Å². The summed E-state index contributed by atoms with van der Waals surface area (Å²) in [5.41, 5.74) is 1.29. The molecule has 2 fully saturated rings. The Morgan fingerprint density at radius 3 is 2.72 bits per heavy atom. The second-order valence-electron chi connectivity index (χ2n) is 5.44. The zero-order valence-corrected chi connectivity index (χ0v) is 12.2. The fourth-order valence-electron chi connectivity index (χ4n) is 2.62. The van der Waals surface area contributed by atoms with E-state index in [2.05, 4.69) is 37.2 Å². The van der Waals surface area contributed by atoms with Gasteiger partial charge in [0.15, 0.2) is 0 Å². The summed E-state index contributed by atoms with van der Waals surface area (Å²) in [7, 11) is 0. The van der Waals surface area contributed by atoms with E-state index in [9.17, 15) is 0 Å². The predicted molar refractivity (Wildman–Crippen MR) is 77.9 cm³/mol. The first kappa shape index (κ1) is 12.4. The molecule has 0 radical (unpaired) electrons. The fourth-order valence-corrected chi connectivity index (χ4v) is 3.12. The smallest absolute Gasteiger partial charge is 0.0592 e. The van der Waals surface area contributed by atoms with Gasteiger partial charge >= 0.3 is 0 Å². The van der Waals surface area contributed by atoms with Crippen LogP contribution in [-0.4, -0.2) is 30.7 Å². The van der Waals surface area contributed by atoms with Crippen LogP contribution in [0.15, 0.2) is 22.9 Å². The molecule has 0 aromatic carbocycles. The number of nitrogens with one attached hydrogen (secondary N) is 1. The lowest BCUT2D eigenvalue weighted by molar-refractivity contribution is 0.382. The van der Waals surface area contributed by atoms with E-state index < -0.39 is 0 Å². The number of hydrogen-bond donors (Lipinski definition) is 1. The third kappa shape index (κ3) is 3.04. The van der Waals surface area contributed by atoms with Crippen LogP contribution in [0, 0.1) is 5.92 Å². The topological polar surface area (TPSA) is 28.2 Å². The molecule has 1 aliphatic carbocycles. The molecule has 2 aliphatic rings. The lowest BCUT2D eigenvalue weighted by Gasteiger charge is -2.34. The van der Waals surface area contributed by atoms with Gasteiger partial charge in [0.2, 0.25) is 0 Å². The molecule has 98 valence electrons. The molecular formula is C14H20BrN3. The summed E-state index contributed by atoms with van der Waals surface area (Å²) in [4.78, 5) is 6.60. The molecule has 4 heteroatoms. The summed E-state index contributed by atoms with van der Waals surface area (Å²) in [6.07, 6.45) is 9.14. The number of pyridine rings is 1. The number of piperidine rings is 1. The summed E-state index contributed by atoms with van der Waals surface area (Å²) in [6.45, 7) is 3.55. The van der Waals surface area contributed by atoms with Gasteiger partial charge in [-0.15, -0.1) is 0 Å². The number of rotatable bonds is 4. The van der Waals surface area contributed by atoms with Gasteiger partial charge in [-0.05, 0) is 60.1 Å². The van der Waals surface area contributed by atoms with Crippen molar-refractivity contribution in [2.75, 3.05) is 24.5 Å². The summed E-state index contributed by atoms with van der Waals surface area (Å²) < 4.78 is 1.11. The van der Waals surface area contributed by atoms with Gasteiger partial charge in [0.25, 0.3) is 0 Å². The van der Waals surface area contributed by atoms with Gasteiger partial charge in [0, 0.05) is 31.5 Å².